The molecule has 4 aliphatic rings. The van der Waals surface area contributed by atoms with Gasteiger partial charge in [-0.05, 0) is 31.0 Å². The minimum absolute atomic E-state index is 0.252. The summed E-state index contributed by atoms with van der Waals surface area (Å²) in [6.45, 7) is 0.0736. The molecule has 12 nitrogen and oxygen atoms in total. The van der Waals surface area contributed by atoms with Crippen LogP contribution in [0.1, 0.15) is 23.7 Å². The maximum absolute atomic E-state index is 12.7. The summed E-state index contributed by atoms with van der Waals surface area (Å²) < 4.78 is 22.5. The maximum atomic E-state index is 12.7. The van der Waals surface area contributed by atoms with Crippen molar-refractivity contribution >= 4 is 16.9 Å². The highest BCUT2D eigenvalue weighted by Gasteiger charge is 2.57. The Bertz CT molecular complexity index is 1250. The molecule has 11 unspecified atom stereocenters. The molecule has 2 aromatic rings. The average molecular weight is 547 g/mol. The number of aromatic nitrogens is 1. The Morgan fingerprint density at radius 3 is 2.64 bits per heavy atom. The van der Waals surface area contributed by atoms with Crippen molar-refractivity contribution in [3.05, 3.63) is 47.4 Å². The Labute approximate surface area is 224 Å². The van der Waals surface area contributed by atoms with E-state index in [-0.39, 0.29) is 18.0 Å². The first-order valence-corrected chi connectivity index (χ1v) is 13.2. The number of carbonyl (C=O) groups is 1. The molecular weight excluding hydrogens is 512 g/mol. The van der Waals surface area contributed by atoms with Gasteiger partial charge in [0.05, 0.1) is 37.7 Å². The van der Waals surface area contributed by atoms with Gasteiger partial charge in [-0.15, -0.1) is 0 Å². The van der Waals surface area contributed by atoms with Crippen LogP contribution in [-0.4, -0.2) is 99.8 Å². The quantitative estimate of drug-likeness (QED) is 0.233. The van der Waals surface area contributed by atoms with Crippen molar-refractivity contribution in [1.29, 1.82) is 0 Å². The minimum Gasteiger partial charge on any atom is -0.472 e. The summed E-state index contributed by atoms with van der Waals surface area (Å²) in [5.41, 5.74) is 3.37. The van der Waals surface area contributed by atoms with Crippen LogP contribution in [0, 0.1) is 17.8 Å². The highest BCUT2D eigenvalue weighted by atomic mass is 16.8. The highest BCUT2D eigenvalue weighted by molar-refractivity contribution is 5.89. The number of benzene rings is 1. The predicted molar refractivity (Wildman–Crippen MR) is 134 cm³/mol. The van der Waals surface area contributed by atoms with Crippen LogP contribution in [0.5, 0.6) is 0 Å². The summed E-state index contributed by atoms with van der Waals surface area (Å²) in [5, 5.41) is 56.7. The van der Waals surface area contributed by atoms with Crippen molar-refractivity contribution in [2.24, 2.45) is 17.8 Å². The van der Waals surface area contributed by atoms with Gasteiger partial charge in [0.1, 0.15) is 24.4 Å². The standard InChI is InChI=1S/C27H34N2O10/c1-36-25(35)14-10-37-26(39-27-24(34)23(33)22(32)17(9-30)38-27)18-13(14)8-16(31)19(18)21-20-12(6-7-28-21)11-4-2-3-5-15(11)29-20/h2-5,10,13,16-19,21-24,26-34H,6-9H2,1H3. The number of aromatic amines is 1. The number of ether oxygens (including phenoxy) is 4. The molecular formula is C27H34N2O10. The van der Waals surface area contributed by atoms with Gasteiger partial charge in [-0.1, -0.05) is 18.2 Å². The number of carbonyl (C=O) groups excluding carboxylic acids is 1. The monoisotopic (exact) mass is 546 g/mol. The third-order valence-electron chi connectivity index (χ3n) is 8.71. The first-order valence-electron chi connectivity index (χ1n) is 13.2. The molecule has 0 radical (unpaired) electrons. The van der Waals surface area contributed by atoms with E-state index < -0.39 is 73.4 Å². The summed E-state index contributed by atoms with van der Waals surface area (Å²) in [6, 6.07) is 7.69. The van der Waals surface area contributed by atoms with Crippen molar-refractivity contribution in [3.8, 4) is 0 Å². The zero-order valence-electron chi connectivity index (χ0n) is 21.3. The fourth-order valence-electron chi connectivity index (χ4n) is 6.86. The number of methoxy groups -OCH3 is 1. The second-order valence-electron chi connectivity index (χ2n) is 10.7. The molecule has 0 amide bonds. The SMILES string of the molecule is COC(=O)C1=COC(OC2OC(CO)C(O)C(O)C2O)C2C1CC(O)C2C1NCCc2c1[nH]c1ccccc21. The first kappa shape index (κ1) is 26.7. The van der Waals surface area contributed by atoms with Gasteiger partial charge in [0, 0.05) is 34.4 Å². The molecule has 39 heavy (non-hydrogen) atoms. The lowest BCUT2D eigenvalue weighted by molar-refractivity contribution is -0.343. The number of hydrogen-bond acceptors (Lipinski definition) is 11. The molecule has 1 aromatic heterocycles. The molecule has 1 aromatic carbocycles. The molecule has 4 heterocycles. The number of esters is 1. The number of nitrogens with one attached hydrogen (secondary N) is 2. The average Bonchev–Trinajstić information content (AvgIpc) is 3.50. The summed E-state index contributed by atoms with van der Waals surface area (Å²) >= 11 is 0. The third kappa shape index (κ3) is 4.35. The van der Waals surface area contributed by atoms with E-state index >= 15 is 0 Å². The Kier molecular flexibility index (Phi) is 7.14. The van der Waals surface area contributed by atoms with Crippen LogP contribution in [0.2, 0.25) is 0 Å². The lowest BCUT2D eigenvalue weighted by Crippen LogP contribution is -2.60. The zero-order valence-corrected chi connectivity index (χ0v) is 21.3. The molecule has 1 saturated heterocycles. The van der Waals surface area contributed by atoms with E-state index in [1.807, 2.05) is 18.2 Å². The second-order valence-corrected chi connectivity index (χ2v) is 10.7. The number of fused-ring (bicyclic) bond motifs is 4. The third-order valence-corrected chi connectivity index (χ3v) is 8.71. The molecule has 0 spiro atoms. The molecule has 2 fully saturated rings. The fraction of sp³-hybridized carbons (Fsp3) is 0.593. The van der Waals surface area contributed by atoms with E-state index in [9.17, 15) is 30.3 Å². The number of aliphatic hydroxyl groups is 5. The van der Waals surface area contributed by atoms with Crippen molar-refractivity contribution < 1.29 is 49.3 Å². The van der Waals surface area contributed by atoms with Crippen molar-refractivity contribution in [3.63, 3.8) is 0 Å². The molecule has 1 saturated carbocycles. The first-order chi connectivity index (χ1) is 18.8. The van der Waals surface area contributed by atoms with Crippen molar-refractivity contribution in [1.82, 2.24) is 10.3 Å². The molecule has 7 N–H and O–H groups in total. The molecule has 12 heteroatoms. The van der Waals surface area contributed by atoms with E-state index in [0.717, 1.165) is 28.6 Å². The van der Waals surface area contributed by atoms with Crippen molar-refractivity contribution in [2.45, 2.75) is 62.0 Å². The van der Waals surface area contributed by atoms with Crippen LogP contribution in [0.4, 0.5) is 0 Å². The van der Waals surface area contributed by atoms with E-state index in [2.05, 4.69) is 16.4 Å². The van der Waals surface area contributed by atoms with Crippen LogP contribution >= 0.6 is 0 Å². The van der Waals surface area contributed by atoms with Gasteiger partial charge >= 0.3 is 5.97 Å². The Hall–Kier alpha value is -2.55. The van der Waals surface area contributed by atoms with Gasteiger partial charge < -0.3 is 54.8 Å². The zero-order chi connectivity index (χ0) is 27.4. The molecule has 3 aliphatic heterocycles. The number of para-hydroxylation sites is 1. The van der Waals surface area contributed by atoms with Gasteiger partial charge in [0.2, 0.25) is 6.29 Å². The van der Waals surface area contributed by atoms with Gasteiger partial charge in [0.15, 0.2) is 6.29 Å². The number of H-pyrrole nitrogens is 1. The normalized spacial score (nSPS) is 39.9. The van der Waals surface area contributed by atoms with Crippen LogP contribution in [0.15, 0.2) is 36.1 Å². The van der Waals surface area contributed by atoms with E-state index in [1.54, 1.807) is 0 Å². The van der Waals surface area contributed by atoms with Crippen LogP contribution in [0.25, 0.3) is 10.9 Å². The molecule has 1 aliphatic carbocycles. The largest absolute Gasteiger partial charge is 0.472 e. The summed E-state index contributed by atoms with van der Waals surface area (Å²) in [7, 11) is 1.27. The van der Waals surface area contributed by atoms with Gasteiger partial charge in [-0.3, -0.25) is 0 Å². The molecule has 11 atom stereocenters. The lowest BCUT2D eigenvalue weighted by Gasteiger charge is -2.44. The van der Waals surface area contributed by atoms with Crippen LogP contribution in [-0.2, 0) is 30.2 Å². The predicted octanol–water partition coefficient (Wildman–Crippen LogP) is -0.802. The van der Waals surface area contributed by atoms with E-state index in [0.29, 0.717) is 6.54 Å². The van der Waals surface area contributed by atoms with Crippen LogP contribution < -0.4 is 5.32 Å². The molecule has 6 rings (SSSR count). The fourth-order valence-corrected chi connectivity index (χ4v) is 6.86. The number of hydrogen-bond donors (Lipinski definition) is 7. The maximum Gasteiger partial charge on any atom is 0.337 e. The summed E-state index contributed by atoms with van der Waals surface area (Å²) in [6.07, 6.45) is -7.02. The Balaban J connectivity index is 1.36. The Morgan fingerprint density at radius 1 is 1.08 bits per heavy atom. The van der Waals surface area contributed by atoms with Gasteiger partial charge in [0.25, 0.3) is 0 Å². The van der Waals surface area contributed by atoms with E-state index in [1.165, 1.54) is 13.4 Å². The smallest absolute Gasteiger partial charge is 0.337 e. The van der Waals surface area contributed by atoms with Crippen LogP contribution in [0.3, 0.4) is 0 Å². The minimum atomic E-state index is -1.63. The number of aliphatic hydroxyl groups excluding tert-OH is 5. The lowest BCUT2D eigenvalue weighted by atomic mass is 9.77. The molecule has 0 bridgehead atoms. The van der Waals surface area contributed by atoms with E-state index in [4.69, 9.17) is 18.9 Å². The molecule has 212 valence electrons. The second kappa shape index (κ2) is 10.5. The van der Waals surface area contributed by atoms with Gasteiger partial charge in [-0.2, -0.15) is 0 Å². The topological polar surface area (TPSA) is 183 Å². The summed E-state index contributed by atoms with van der Waals surface area (Å²) in [5.74, 6) is -2.13. The summed E-state index contributed by atoms with van der Waals surface area (Å²) in [4.78, 5) is 16.2. The highest BCUT2D eigenvalue weighted by Crippen LogP contribution is 2.53. The van der Waals surface area contributed by atoms with Crippen molar-refractivity contribution in [2.75, 3.05) is 20.3 Å². The number of rotatable bonds is 5. The van der Waals surface area contributed by atoms with Gasteiger partial charge in [-0.25, -0.2) is 4.79 Å². The Morgan fingerprint density at radius 2 is 1.87 bits per heavy atom.